The van der Waals surface area contributed by atoms with Crippen molar-refractivity contribution in [2.45, 2.75) is 6.54 Å². The highest BCUT2D eigenvalue weighted by molar-refractivity contribution is 9.10. The molecule has 0 bridgehead atoms. The van der Waals surface area contributed by atoms with E-state index in [2.05, 4.69) is 20.9 Å². The smallest absolute Gasteiger partial charge is 0.335 e. The number of ether oxygens (including phenoxy) is 1. The lowest BCUT2D eigenvalue weighted by Gasteiger charge is -2.07. The van der Waals surface area contributed by atoms with Crippen molar-refractivity contribution in [1.82, 2.24) is 9.78 Å². The minimum atomic E-state index is -1.05. The van der Waals surface area contributed by atoms with E-state index in [1.165, 1.54) is 29.5 Å². The monoisotopic (exact) mass is 655 g/mol. The van der Waals surface area contributed by atoms with Gasteiger partial charge in [0.25, 0.3) is 5.91 Å². The van der Waals surface area contributed by atoms with Gasteiger partial charge in [0.15, 0.2) is 0 Å². The van der Waals surface area contributed by atoms with Gasteiger partial charge in [-0.2, -0.15) is 10.1 Å². The molecule has 1 amide bonds. The average Bonchev–Trinajstić information content (AvgIpc) is 3.39. The number of nitrogens with zero attached hydrogens (tertiary/aromatic N) is 3. The van der Waals surface area contributed by atoms with Crippen LogP contribution in [-0.4, -0.2) is 37.8 Å². The molecule has 0 atom stereocenters. The van der Waals surface area contributed by atoms with E-state index in [1.54, 1.807) is 65.3 Å². The van der Waals surface area contributed by atoms with Gasteiger partial charge in [0.05, 0.1) is 12.1 Å². The molecule has 0 unspecified atom stereocenters. The van der Waals surface area contributed by atoms with E-state index in [-0.39, 0.29) is 12.1 Å². The Morgan fingerprint density at radius 3 is 2.33 bits per heavy atom. The zero-order chi connectivity index (χ0) is 30.3. The lowest BCUT2D eigenvalue weighted by atomic mass is 10.1. The molecule has 0 aliphatic carbocycles. The van der Waals surface area contributed by atoms with Crippen molar-refractivity contribution in [3.05, 3.63) is 135 Å². The molecule has 0 radical (unpaired) electrons. The summed E-state index contributed by atoms with van der Waals surface area (Å²) in [7, 11) is 0. The normalized spacial score (nSPS) is 11.5. The number of hydrogen-bond acceptors (Lipinski definition) is 6. The number of hydrogen-bond donors (Lipinski definition) is 2. The second-order valence-corrected chi connectivity index (χ2v) is 10.9. The molecular formula is C32H22BrN3O6S. The van der Waals surface area contributed by atoms with E-state index in [1.807, 2.05) is 24.3 Å². The Morgan fingerprint density at radius 1 is 0.884 bits per heavy atom. The number of carboxylic acid groups (broad SMARTS) is 2. The topological polar surface area (TPSA) is 131 Å². The van der Waals surface area contributed by atoms with Crippen LogP contribution in [0.3, 0.4) is 0 Å². The first-order valence-electron chi connectivity index (χ1n) is 12.8. The van der Waals surface area contributed by atoms with Gasteiger partial charge in [0.2, 0.25) is 4.80 Å². The Morgan fingerprint density at radius 2 is 1.60 bits per heavy atom. The number of aromatic nitrogens is 2. The molecular weight excluding hydrogens is 634 g/mol. The van der Waals surface area contributed by atoms with Gasteiger partial charge in [-0.05, 0) is 65.7 Å². The van der Waals surface area contributed by atoms with Crippen LogP contribution in [0.5, 0.6) is 11.5 Å². The summed E-state index contributed by atoms with van der Waals surface area (Å²) in [5.74, 6) is -1.64. The van der Waals surface area contributed by atoms with Gasteiger partial charge in [-0.3, -0.25) is 4.79 Å². The molecule has 5 rings (SSSR count). The first kappa shape index (κ1) is 29.4. The molecule has 0 spiro atoms. The molecule has 0 fully saturated rings. The van der Waals surface area contributed by atoms with Gasteiger partial charge in [-0.1, -0.05) is 75.8 Å². The number of carbonyl (C=O) groups is 3. The largest absolute Gasteiger partial charge is 0.478 e. The molecule has 5 aromatic rings. The first-order valence-corrected chi connectivity index (χ1v) is 14.4. The molecule has 0 saturated carbocycles. The Balaban J connectivity index is 1.50. The van der Waals surface area contributed by atoms with Crippen LogP contribution in [0, 0.1) is 0 Å². The van der Waals surface area contributed by atoms with Crippen LogP contribution >= 0.6 is 27.3 Å². The Kier molecular flexibility index (Phi) is 9.04. The predicted octanol–water partition coefficient (Wildman–Crippen LogP) is 6.75. The fraction of sp³-hybridized carbons (Fsp3) is 0.0312. The maximum atomic E-state index is 13.0. The van der Waals surface area contributed by atoms with Crippen LogP contribution in [0.2, 0.25) is 0 Å². The van der Waals surface area contributed by atoms with E-state index in [0.29, 0.717) is 36.9 Å². The van der Waals surface area contributed by atoms with Crippen LogP contribution in [-0.2, 0) is 11.3 Å². The highest BCUT2D eigenvalue weighted by Crippen LogP contribution is 2.28. The third-order valence-electron chi connectivity index (χ3n) is 6.04. The lowest BCUT2D eigenvalue weighted by Crippen LogP contribution is -2.19. The van der Waals surface area contributed by atoms with Gasteiger partial charge < -0.3 is 14.9 Å². The number of aliphatic carboxylic acids is 1. The van der Waals surface area contributed by atoms with E-state index < -0.39 is 17.8 Å². The third-order valence-corrected chi connectivity index (χ3v) is 7.72. The minimum absolute atomic E-state index is 0.113. The number of aromatic carboxylic acids is 1. The number of benzene rings is 4. The molecule has 2 N–H and O–H groups in total. The molecule has 0 aliphatic rings. The number of rotatable bonds is 9. The Labute approximate surface area is 257 Å². The highest BCUT2D eigenvalue weighted by Gasteiger charge is 2.13. The minimum Gasteiger partial charge on any atom is -0.478 e. The maximum absolute atomic E-state index is 13.0. The fourth-order valence-electron chi connectivity index (χ4n) is 4.00. The van der Waals surface area contributed by atoms with Crippen molar-refractivity contribution >= 4 is 51.2 Å². The zero-order valence-corrected chi connectivity index (χ0v) is 24.7. The second kappa shape index (κ2) is 13.2. The zero-order valence-electron chi connectivity index (χ0n) is 22.3. The summed E-state index contributed by atoms with van der Waals surface area (Å²) >= 11 is 4.73. The van der Waals surface area contributed by atoms with Crippen LogP contribution in [0.1, 0.15) is 31.8 Å². The fourth-order valence-corrected chi connectivity index (χ4v) is 5.46. The van der Waals surface area contributed by atoms with Crippen LogP contribution < -0.4 is 9.54 Å². The molecule has 214 valence electrons. The van der Waals surface area contributed by atoms with Crippen LogP contribution in [0.15, 0.2) is 113 Å². The number of carboxylic acids is 2. The van der Waals surface area contributed by atoms with Gasteiger partial charge in [-0.25, -0.2) is 14.3 Å². The van der Waals surface area contributed by atoms with E-state index in [0.717, 1.165) is 17.2 Å². The molecule has 9 nitrogen and oxygen atoms in total. The summed E-state index contributed by atoms with van der Waals surface area (Å²) in [5.41, 5.74) is 2.82. The molecule has 0 saturated heterocycles. The van der Waals surface area contributed by atoms with E-state index in [9.17, 15) is 19.5 Å². The molecule has 1 aromatic heterocycles. The average molecular weight is 657 g/mol. The van der Waals surface area contributed by atoms with Crippen molar-refractivity contribution in [3.63, 3.8) is 0 Å². The van der Waals surface area contributed by atoms with Crippen LogP contribution in [0.25, 0.3) is 16.6 Å². The molecule has 4 aromatic carbocycles. The van der Waals surface area contributed by atoms with Crippen LogP contribution in [0.4, 0.5) is 0 Å². The van der Waals surface area contributed by atoms with Crippen molar-refractivity contribution < 1.29 is 29.3 Å². The maximum Gasteiger partial charge on any atom is 0.335 e. The standard InChI is InChI=1S/C32H22BrN3O6S/c33-27-16-20(12-13-21(27)14-15-28(37)38)19-36-32(34-29(39)22-6-2-1-3-7-22)43-30(35-36)23-8-4-10-25(17-23)42-26-11-5-9-24(18-26)31(40)41/h1-18H,19H2,(H,37,38)(H,40,41)/b15-14+,34-32?. The molecule has 0 aliphatic heterocycles. The summed E-state index contributed by atoms with van der Waals surface area (Å²) in [5, 5.41) is 23.6. The van der Waals surface area contributed by atoms with Crippen molar-refractivity contribution in [1.29, 1.82) is 0 Å². The second-order valence-electron chi connectivity index (χ2n) is 9.12. The van der Waals surface area contributed by atoms with Gasteiger partial charge in [0, 0.05) is 21.7 Å². The molecule has 43 heavy (non-hydrogen) atoms. The number of amides is 1. The number of carbonyl (C=O) groups excluding carboxylic acids is 1. The van der Waals surface area contributed by atoms with Crippen molar-refractivity contribution in [3.8, 4) is 22.1 Å². The van der Waals surface area contributed by atoms with Gasteiger partial charge >= 0.3 is 11.9 Å². The molecule has 11 heteroatoms. The summed E-state index contributed by atoms with van der Waals surface area (Å²) < 4.78 is 8.27. The van der Waals surface area contributed by atoms with E-state index in [4.69, 9.17) is 14.9 Å². The Bertz CT molecular complexity index is 1930. The first-order chi connectivity index (χ1) is 20.7. The predicted molar refractivity (Wildman–Crippen MR) is 165 cm³/mol. The van der Waals surface area contributed by atoms with Crippen molar-refractivity contribution in [2.24, 2.45) is 4.99 Å². The summed E-state index contributed by atoms with van der Waals surface area (Å²) in [6.45, 7) is 0.289. The lowest BCUT2D eigenvalue weighted by molar-refractivity contribution is -0.131. The third kappa shape index (κ3) is 7.59. The van der Waals surface area contributed by atoms with Crippen molar-refractivity contribution in [2.75, 3.05) is 0 Å². The summed E-state index contributed by atoms with van der Waals surface area (Å²) in [4.78, 5) is 40.0. The SMILES string of the molecule is O=C(O)/C=C/c1ccc(Cn2nc(-c3cccc(Oc4cccc(C(=O)O)c4)c3)sc2=NC(=O)c2ccccc2)cc1Br. The van der Waals surface area contributed by atoms with Gasteiger partial charge in [0.1, 0.15) is 16.5 Å². The Hall–Kier alpha value is -5.13. The number of halogens is 1. The summed E-state index contributed by atoms with van der Waals surface area (Å²) in [6.07, 6.45) is 2.56. The quantitative estimate of drug-likeness (QED) is 0.168. The molecule has 1 heterocycles. The van der Waals surface area contributed by atoms with Gasteiger partial charge in [-0.15, -0.1) is 0 Å². The highest BCUT2D eigenvalue weighted by atomic mass is 79.9. The van der Waals surface area contributed by atoms with E-state index >= 15 is 0 Å². The summed E-state index contributed by atoms with van der Waals surface area (Å²) in [6, 6.07) is 27.6.